The predicted molar refractivity (Wildman–Crippen MR) is 111 cm³/mol. The van der Waals surface area contributed by atoms with Crippen LogP contribution in [0.5, 0.6) is 5.88 Å². The Morgan fingerprint density at radius 1 is 1.22 bits per heavy atom. The number of benzene rings is 2. The summed E-state index contributed by atoms with van der Waals surface area (Å²) in [7, 11) is 0. The van der Waals surface area contributed by atoms with Crippen molar-refractivity contribution in [1.29, 1.82) is 0 Å². The summed E-state index contributed by atoms with van der Waals surface area (Å²) in [5.41, 5.74) is 2.44. The molecule has 164 valence electrons. The SMILES string of the molecule is O=C(O)c1ccc(CNC(=O)c2scnc2OC2=COC(Cc3ccccc3)O2)c(F)c1. The van der Waals surface area contributed by atoms with Crippen molar-refractivity contribution in [3.05, 3.63) is 93.6 Å². The molecule has 3 aromatic rings. The second-order valence-corrected chi connectivity index (χ2v) is 7.55. The molecule has 1 aliphatic heterocycles. The van der Waals surface area contributed by atoms with Gasteiger partial charge in [-0.1, -0.05) is 36.4 Å². The lowest BCUT2D eigenvalue weighted by Crippen LogP contribution is -2.23. The Bertz CT molecular complexity index is 1160. The molecule has 0 fully saturated rings. The molecule has 0 radical (unpaired) electrons. The number of hydrogen-bond acceptors (Lipinski definition) is 7. The maximum Gasteiger partial charge on any atom is 0.335 e. The summed E-state index contributed by atoms with van der Waals surface area (Å²) in [5, 5.41) is 11.5. The molecule has 2 heterocycles. The molecule has 32 heavy (non-hydrogen) atoms. The first-order valence-electron chi connectivity index (χ1n) is 9.47. The topological polar surface area (TPSA) is 107 Å². The standard InChI is InChI=1S/C22H17FN2O6S/c23-16-9-14(22(27)28)6-7-15(16)10-24-20(26)19-21(25-12-32-19)31-18-11-29-17(30-18)8-13-4-2-1-3-5-13/h1-7,9,11-12,17H,8,10H2,(H,24,26)(H,27,28). The van der Waals surface area contributed by atoms with Gasteiger partial charge in [-0.05, 0) is 17.7 Å². The van der Waals surface area contributed by atoms with Crippen LogP contribution >= 0.6 is 11.3 Å². The number of carbonyl (C=O) groups excluding carboxylic acids is 1. The minimum atomic E-state index is -1.23. The summed E-state index contributed by atoms with van der Waals surface area (Å²) in [5.74, 6) is -2.38. The van der Waals surface area contributed by atoms with Gasteiger partial charge in [-0.15, -0.1) is 11.3 Å². The summed E-state index contributed by atoms with van der Waals surface area (Å²) in [6, 6.07) is 13.1. The highest BCUT2D eigenvalue weighted by Crippen LogP contribution is 2.26. The van der Waals surface area contributed by atoms with E-state index in [1.54, 1.807) is 0 Å². The number of carboxylic acid groups (broad SMARTS) is 1. The molecule has 2 N–H and O–H groups in total. The molecule has 10 heteroatoms. The van der Waals surface area contributed by atoms with Crippen LogP contribution in [0.4, 0.5) is 4.39 Å². The van der Waals surface area contributed by atoms with Crippen molar-refractivity contribution in [3.63, 3.8) is 0 Å². The lowest BCUT2D eigenvalue weighted by Gasteiger charge is -2.11. The first kappa shape index (κ1) is 21.3. The number of thiazole rings is 1. The highest BCUT2D eigenvalue weighted by Gasteiger charge is 2.25. The van der Waals surface area contributed by atoms with Crippen molar-refractivity contribution < 1.29 is 33.3 Å². The van der Waals surface area contributed by atoms with Crippen LogP contribution < -0.4 is 10.1 Å². The van der Waals surface area contributed by atoms with Crippen LogP contribution in [0.1, 0.15) is 31.2 Å². The summed E-state index contributed by atoms with van der Waals surface area (Å²) in [6.07, 6.45) is 1.27. The fourth-order valence-electron chi connectivity index (χ4n) is 2.90. The van der Waals surface area contributed by atoms with Gasteiger partial charge in [0.1, 0.15) is 5.82 Å². The van der Waals surface area contributed by atoms with Crippen LogP contribution in [0, 0.1) is 5.82 Å². The molecule has 1 unspecified atom stereocenters. The fraction of sp³-hybridized carbons (Fsp3) is 0.136. The summed E-state index contributed by atoms with van der Waals surface area (Å²) in [4.78, 5) is 27.6. The molecule has 0 saturated heterocycles. The molecule has 8 nitrogen and oxygen atoms in total. The Morgan fingerprint density at radius 3 is 2.78 bits per heavy atom. The van der Waals surface area contributed by atoms with Crippen molar-refractivity contribution >= 4 is 23.2 Å². The summed E-state index contributed by atoms with van der Waals surface area (Å²) < 4.78 is 30.7. The molecule has 0 bridgehead atoms. The van der Waals surface area contributed by atoms with E-state index in [9.17, 15) is 14.0 Å². The molecule has 2 aromatic carbocycles. The molecule has 1 atom stereocenters. The van der Waals surface area contributed by atoms with E-state index in [0.29, 0.717) is 6.42 Å². The highest BCUT2D eigenvalue weighted by molar-refractivity contribution is 7.12. The summed E-state index contributed by atoms with van der Waals surface area (Å²) in [6.45, 7) is -0.136. The third-order valence-corrected chi connectivity index (χ3v) is 5.29. The number of carbonyl (C=O) groups is 2. The summed E-state index contributed by atoms with van der Waals surface area (Å²) >= 11 is 1.05. The highest BCUT2D eigenvalue weighted by atomic mass is 32.1. The number of ether oxygens (including phenoxy) is 3. The van der Waals surface area contributed by atoms with Gasteiger partial charge in [-0.3, -0.25) is 4.79 Å². The van der Waals surface area contributed by atoms with E-state index in [4.69, 9.17) is 19.3 Å². The second kappa shape index (κ2) is 9.48. The Hall–Kier alpha value is -3.92. The number of aromatic carboxylic acids is 1. The molecule has 0 saturated carbocycles. The Kier molecular flexibility index (Phi) is 6.31. The van der Waals surface area contributed by atoms with E-state index in [0.717, 1.165) is 23.0 Å². The average Bonchev–Trinajstić information content (AvgIpc) is 3.43. The monoisotopic (exact) mass is 456 g/mol. The molecule has 1 aliphatic rings. The fourth-order valence-corrected chi connectivity index (χ4v) is 3.52. The van der Waals surface area contributed by atoms with Gasteiger partial charge in [0.15, 0.2) is 11.1 Å². The number of nitrogens with one attached hydrogen (secondary N) is 1. The third kappa shape index (κ3) is 5.03. The van der Waals surface area contributed by atoms with E-state index in [2.05, 4.69) is 10.3 Å². The maximum atomic E-state index is 14.1. The Labute approximate surface area is 185 Å². The van der Waals surface area contributed by atoms with Crippen molar-refractivity contribution in [1.82, 2.24) is 10.3 Å². The van der Waals surface area contributed by atoms with Crippen LogP contribution in [0.25, 0.3) is 0 Å². The lowest BCUT2D eigenvalue weighted by molar-refractivity contribution is -0.0524. The van der Waals surface area contributed by atoms with Gasteiger partial charge in [0.25, 0.3) is 5.91 Å². The number of amides is 1. The van der Waals surface area contributed by atoms with Crippen LogP contribution in [0.15, 0.2) is 66.2 Å². The number of rotatable bonds is 8. The van der Waals surface area contributed by atoms with Crippen molar-refractivity contribution in [2.24, 2.45) is 0 Å². The number of hydrogen-bond donors (Lipinski definition) is 2. The van der Waals surface area contributed by atoms with Gasteiger partial charge in [0.05, 0.1) is 11.1 Å². The van der Waals surface area contributed by atoms with E-state index >= 15 is 0 Å². The first-order valence-corrected chi connectivity index (χ1v) is 10.3. The molecule has 4 rings (SSSR count). The van der Waals surface area contributed by atoms with Crippen LogP contribution in [-0.2, 0) is 22.4 Å². The number of nitrogens with zero attached hydrogens (tertiary/aromatic N) is 1. The second-order valence-electron chi connectivity index (χ2n) is 6.69. The van der Waals surface area contributed by atoms with Gasteiger partial charge in [-0.2, -0.15) is 0 Å². The quantitative estimate of drug-likeness (QED) is 0.532. The normalized spacial score (nSPS) is 14.8. The van der Waals surface area contributed by atoms with Crippen LogP contribution in [0.2, 0.25) is 0 Å². The minimum Gasteiger partial charge on any atom is -0.478 e. The third-order valence-electron chi connectivity index (χ3n) is 4.49. The van der Waals surface area contributed by atoms with E-state index in [1.807, 2.05) is 30.3 Å². The van der Waals surface area contributed by atoms with E-state index < -0.39 is 24.0 Å². The lowest BCUT2D eigenvalue weighted by atomic mass is 10.1. The van der Waals surface area contributed by atoms with Gasteiger partial charge < -0.3 is 24.6 Å². The first-order chi connectivity index (χ1) is 15.5. The molecule has 0 spiro atoms. The van der Waals surface area contributed by atoms with Gasteiger partial charge in [-0.25, -0.2) is 14.2 Å². The van der Waals surface area contributed by atoms with Crippen LogP contribution in [0.3, 0.4) is 0 Å². The molecule has 0 aliphatic carbocycles. The zero-order chi connectivity index (χ0) is 22.5. The maximum absolute atomic E-state index is 14.1. The van der Waals surface area contributed by atoms with E-state index in [-0.39, 0.29) is 34.4 Å². The van der Waals surface area contributed by atoms with Gasteiger partial charge in [0.2, 0.25) is 12.2 Å². The average molecular weight is 456 g/mol. The zero-order valence-electron chi connectivity index (χ0n) is 16.5. The molecular formula is C22H17FN2O6S. The number of halogens is 1. The van der Waals surface area contributed by atoms with Crippen molar-refractivity contribution in [2.45, 2.75) is 19.3 Å². The van der Waals surface area contributed by atoms with Crippen molar-refractivity contribution in [2.75, 3.05) is 0 Å². The van der Waals surface area contributed by atoms with E-state index in [1.165, 1.54) is 23.9 Å². The Balaban J connectivity index is 1.33. The Morgan fingerprint density at radius 2 is 2.03 bits per heavy atom. The smallest absolute Gasteiger partial charge is 0.335 e. The molecule has 1 amide bonds. The number of carboxylic acids is 1. The van der Waals surface area contributed by atoms with Gasteiger partial charge in [0, 0.05) is 18.5 Å². The largest absolute Gasteiger partial charge is 0.478 e. The number of aromatic nitrogens is 1. The molecule has 1 aromatic heterocycles. The predicted octanol–water partition coefficient (Wildman–Crippen LogP) is 3.70. The van der Waals surface area contributed by atoms with Gasteiger partial charge >= 0.3 is 11.9 Å². The van der Waals surface area contributed by atoms with Crippen molar-refractivity contribution in [3.8, 4) is 5.88 Å². The molecular weight excluding hydrogens is 439 g/mol. The van der Waals surface area contributed by atoms with Crippen LogP contribution in [-0.4, -0.2) is 28.3 Å². The minimum absolute atomic E-state index is 0.0319. The zero-order valence-corrected chi connectivity index (χ0v) is 17.3.